The number of halogens is 3. The highest BCUT2D eigenvalue weighted by Crippen LogP contribution is 2.36. The third-order valence-corrected chi connectivity index (χ3v) is 4.78. The van der Waals surface area contributed by atoms with Gasteiger partial charge in [-0.05, 0) is 31.4 Å². The number of benzene rings is 1. The van der Waals surface area contributed by atoms with Crippen molar-refractivity contribution in [3.63, 3.8) is 0 Å². The minimum absolute atomic E-state index is 0.0433. The standard InChI is InChI=1S/C17H16Cl2FN3O2/c1-8(24)14-12(19)17(21-9-4-3-5-9)23-16(22-14)10-6-7-11(18)15(25-2)13(10)20/h6-7,9H,3-5H2,1-2H3,(H,21,22,23). The first-order valence-electron chi connectivity index (χ1n) is 7.79. The molecule has 25 heavy (non-hydrogen) atoms. The molecule has 0 saturated heterocycles. The van der Waals surface area contributed by atoms with Crippen LogP contribution in [0.15, 0.2) is 12.1 Å². The fourth-order valence-corrected chi connectivity index (χ4v) is 3.03. The number of ketones is 1. The van der Waals surface area contributed by atoms with E-state index in [1.165, 1.54) is 26.2 Å². The van der Waals surface area contributed by atoms with E-state index in [4.69, 9.17) is 27.9 Å². The molecule has 132 valence electrons. The van der Waals surface area contributed by atoms with Crippen LogP contribution in [0.25, 0.3) is 11.4 Å². The van der Waals surface area contributed by atoms with E-state index in [1.807, 2.05) is 0 Å². The smallest absolute Gasteiger partial charge is 0.179 e. The van der Waals surface area contributed by atoms with Gasteiger partial charge in [0.05, 0.1) is 17.7 Å². The van der Waals surface area contributed by atoms with Crippen molar-refractivity contribution < 1.29 is 13.9 Å². The first-order chi connectivity index (χ1) is 11.9. The number of carbonyl (C=O) groups is 1. The summed E-state index contributed by atoms with van der Waals surface area (Å²) in [6.07, 6.45) is 3.11. The molecule has 1 aliphatic rings. The molecule has 1 heterocycles. The molecule has 1 N–H and O–H groups in total. The van der Waals surface area contributed by atoms with Crippen molar-refractivity contribution in [2.45, 2.75) is 32.2 Å². The second-order valence-electron chi connectivity index (χ2n) is 5.83. The molecule has 2 aromatic rings. The van der Waals surface area contributed by atoms with Gasteiger partial charge in [0.15, 0.2) is 23.2 Å². The normalized spacial score (nSPS) is 14.1. The minimum atomic E-state index is -0.693. The molecule has 1 aliphatic carbocycles. The van der Waals surface area contributed by atoms with Crippen LogP contribution in [0.2, 0.25) is 10.0 Å². The molecule has 8 heteroatoms. The van der Waals surface area contributed by atoms with Crippen LogP contribution in [0.1, 0.15) is 36.7 Å². The zero-order chi connectivity index (χ0) is 18.1. The van der Waals surface area contributed by atoms with E-state index < -0.39 is 5.82 Å². The van der Waals surface area contributed by atoms with Gasteiger partial charge in [-0.2, -0.15) is 0 Å². The number of aromatic nitrogens is 2. The van der Waals surface area contributed by atoms with E-state index in [0.717, 1.165) is 19.3 Å². The van der Waals surface area contributed by atoms with E-state index in [-0.39, 0.29) is 44.7 Å². The van der Waals surface area contributed by atoms with Crippen molar-refractivity contribution in [3.8, 4) is 17.1 Å². The maximum Gasteiger partial charge on any atom is 0.179 e. The predicted molar refractivity (Wildman–Crippen MR) is 95.3 cm³/mol. The van der Waals surface area contributed by atoms with E-state index in [1.54, 1.807) is 0 Å². The number of carbonyl (C=O) groups excluding carboxylic acids is 1. The van der Waals surface area contributed by atoms with Crippen molar-refractivity contribution in [3.05, 3.63) is 33.7 Å². The number of anilines is 1. The lowest BCUT2D eigenvalue weighted by Crippen LogP contribution is -2.28. The summed E-state index contributed by atoms with van der Waals surface area (Å²) in [5, 5.41) is 3.48. The molecular formula is C17H16Cl2FN3O2. The second kappa shape index (κ2) is 7.14. The van der Waals surface area contributed by atoms with Crippen LogP contribution < -0.4 is 10.1 Å². The van der Waals surface area contributed by atoms with Gasteiger partial charge in [-0.15, -0.1) is 0 Å². The van der Waals surface area contributed by atoms with Crippen molar-refractivity contribution in [1.82, 2.24) is 9.97 Å². The van der Waals surface area contributed by atoms with Crippen LogP contribution in [0.5, 0.6) is 5.75 Å². The molecule has 1 aromatic carbocycles. The van der Waals surface area contributed by atoms with Crippen LogP contribution in [0.4, 0.5) is 10.2 Å². The highest BCUT2D eigenvalue weighted by Gasteiger charge is 2.24. The molecule has 0 aliphatic heterocycles. The fraction of sp³-hybridized carbons (Fsp3) is 0.353. The average molecular weight is 384 g/mol. The number of ether oxygens (including phenoxy) is 1. The van der Waals surface area contributed by atoms with Crippen molar-refractivity contribution in [2.75, 3.05) is 12.4 Å². The third kappa shape index (κ3) is 3.41. The van der Waals surface area contributed by atoms with Crippen LogP contribution in [-0.2, 0) is 0 Å². The Balaban J connectivity index is 2.14. The lowest BCUT2D eigenvalue weighted by atomic mass is 9.93. The summed E-state index contributed by atoms with van der Waals surface area (Å²) in [6, 6.07) is 3.17. The Kier molecular flexibility index (Phi) is 5.11. The van der Waals surface area contributed by atoms with Gasteiger partial charge in [0.1, 0.15) is 16.5 Å². The Bertz CT molecular complexity index is 841. The summed E-state index contributed by atoms with van der Waals surface area (Å²) in [6.45, 7) is 1.35. The minimum Gasteiger partial charge on any atom is -0.492 e. The first-order valence-corrected chi connectivity index (χ1v) is 8.55. The molecule has 0 radical (unpaired) electrons. The number of hydrogen-bond donors (Lipinski definition) is 1. The van der Waals surface area contributed by atoms with Crippen LogP contribution in [0, 0.1) is 5.82 Å². The zero-order valence-electron chi connectivity index (χ0n) is 13.7. The van der Waals surface area contributed by atoms with Crippen LogP contribution in [0.3, 0.4) is 0 Å². The average Bonchev–Trinajstić information content (AvgIpc) is 2.52. The van der Waals surface area contributed by atoms with E-state index in [2.05, 4.69) is 15.3 Å². The van der Waals surface area contributed by atoms with Gasteiger partial charge >= 0.3 is 0 Å². The zero-order valence-corrected chi connectivity index (χ0v) is 15.2. The fourth-order valence-electron chi connectivity index (χ4n) is 2.53. The maximum atomic E-state index is 14.7. The molecule has 0 bridgehead atoms. The lowest BCUT2D eigenvalue weighted by molar-refractivity contribution is 0.101. The van der Waals surface area contributed by atoms with Crippen LogP contribution in [-0.4, -0.2) is 28.9 Å². The van der Waals surface area contributed by atoms with Gasteiger partial charge in [-0.3, -0.25) is 4.79 Å². The third-order valence-electron chi connectivity index (χ3n) is 4.12. The monoisotopic (exact) mass is 383 g/mol. The Hall–Kier alpha value is -1.92. The molecular weight excluding hydrogens is 368 g/mol. The quantitative estimate of drug-likeness (QED) is 0.753. The Morgan fingerprint density at radius 3 is 2.60 bits per heavy atom. The summed E-state index contributed by atoms with van der Waals surface area (Å²) in [5.41, 5.74) is 0.124. The van der Waals surface area contributed by atoms with E-state index >= 15 is 0 Å². The predicted octanol–water partition coefficient (Wildman–Crippen LogP) is 4.77. The number of Topliss-reactive ketones (excluding diaryl/α,β-unsaturated/α-hetero) is 1. The molecule has 0 unspecified atom stereocenters. The summed E-state index contributed by atoms with van der Waals surface area (Å²) >= 11 is 12.2. The molecule has 1 fully saturated rings. The van der Waals surface area contributed by atoms with Gasteiger partial charge in [-0.1, -0.05) is 23.2 Å². The molecule has 0 amide bonds. The van der Waals surface area contributed by atoms with Gasteiger partial charge in [-0.25, -0.2) is 14.4 Å². The summed E-state index contributed by atoms with van der Waals surface area (Å²) < 4.78 is 19.7. The molecule has 0 spiro atoms. The Morgan fingerprint density at radius 1 is 1.32 bits per heavy atom. The topological polar surface area (TPSA) is 64.1 Å². The number of rotatable bonds is 5. The molecule has 0 atom stereocenters. The number of methoxy groups -OCH3 is 1. The van der Waals surface area contributed by atoms with Gasteiger partial charge in [0.25, 0.3) is 0 Å². The lowest BCUT2D eigenvalue weighted by Gasteiger charge is -2.27. The van der Waals surface area contributed by atoms with Gasteiger partial charge < -0.3 is 10.1 Å². The molecule has 1 aromatic heterocycles. The van der Waals surface area contributed by atoms with Crippen LogP contribution >= 0.6 is 23.2 Å². The highest BCUT2D eigenvalue weighted by molar-refractivity contribution is 6.36. The number of nitrogens with one attached hydrogen (secondary N) is 1. The van der Waals surface area contributed by atoms with Gasteiger partial charge in [0, 0.05) is 13.0 Å². The maximum absolute atomic E-state index is 14.7. The largest absolute Gasteiger partial charge is 0.492 e. The van der Waals surface area contributed by atoms with Crippen molar-refractivity contribution >= 4 is 34.8 Å². The second-order valence-corrected chi connectivity index (χ2v) is 6.61. The summed E-state index contributed by atoms with van der Waals surface area (Å²) in [5.74, 6) is -0.748. The Morgan fingerprint density at radius 2 is 2.04 bits per heavy atom. The molecule has 3 rings (SSSR count). The summed E-state index contributed by atoms with van der Waals surface area (Å²) in [7, 11) is 1.32. The van der Waals surface area contributed by atoms with Crippen molar-refractivity contribution in [1.29, 1.82) is 0 Å². The van der Waals surface area contributed by atoms with Crippen molar-refractivity contribution in [2.24, 2.45) is 0 Å². The van der Waals surface area contributed by atoms with E-state index in [9.17, 15) is 9.18 Å². The molecule has 1 saturated carbocycles. The first kappa shape index (κ1) is 17.9. The summed E-state index contributed by atoms with van der Waals surface area (Å²) in [4.78, 5) is 20.4. The number of nitrogens with zero attached hydrogens (tertiary/aromatic N) is 2. The highest BCUT2D eigenvalue weighted by atomic mass is 35.5. The Labute approximate surface area is 154 Å². The van der Waals surface area contributed by atoms with Gasteiger partial charge in [0.2, 0.25) is 0 Å². The number of hydrogen-bond acceptors (Lipinski definition) is 5. The van der Waals surface area contributed by atoms with E-state index in [0.29, 0.717) is 5.82 Å². The molecule has 5 nitrogen and oxygen atoms in total. The SMILES string of the molecule is COc1c(Cl)ccc(-c2nc(NC3CCC3)c(Cl)c(C(C)=O)n2)c1F.